The maximum atomic E-state index is 13.1. The monoisotopic (exact) mass is 397 g/mol. The van der Waals surface area contributed by atoms with Gasteiger partial charge in [0.25, 0.3) is 12.3 Å². The fraction of sp³-hybridized carbons (Fsp3) is 0.333. The lowest BCUT2D eigenvalue weighted by Gasteiger charge is -2.18. The normalized spacial score (nSPS) is 20.6. The van der Waals surface area contributed by atoms with Crippen LogP contribution in [0.2, 0.25) is 0 Å². The summed E-state index contributed by atoms with van der Waals surface area (Å²) in [7, 11) is 1.50. The quantitative estimate of drug-likeness (QED) is 0.766. The average molecular weight is 398 g/mol. The number of fused-ring (bicyclic) bond motifs is 5. The smallest absolute Gasteiger partial charge is 0.282 e. The van der Waals surface area contributed by atoms with Gasteiger partial charge in [0, 0.05) is 30.8 Å². The SMILES string of the molecule is Cn1cc(C(=O)Nc2cccc3c2[C@H]2CCC3C2=C(Cl)Cl)c(C(F)F)n1. The van der Waals surface area contributed by atoms with Gasteiger partial charge in [-0.05, 0) is 35.6 Å². The Labute approximate surface area is 158 Å². The molecule has 1 amide bonds. The van der Waals surface area contributed by atoms with Crippen molar-refractivity contribution < 1.29 is 13.6 Å². The zero-order valence-electron chi connectivity index (χ0n) is 13.8. The molecule has 1 aromatic carbocycles. The average Bonchev–Trinajstić information content (AvgIpc) is 3.26. The second kappa shape index (κ2) is 6.35. The van der Waals surface area contributed by atoms with Crippen LogP contribution in [0.5, 0.6) is 0 Å². The molecule has 0 radical (unpaired) electrons. The molecule has 1 unspecified atom stereocenters. The van der Waals surface area contributed by atoms with Crippen molar-refractivity contribution in [3.8, 4) is 0 Å². The Morgan fingerprint density at radius 2 is 2.04 bits per heavy atom. The van der Waals surface area contributed by atoms with Gasteiger partial charge in [-0.2, -0.15) is 5.10 Å². The Balaban J connectivity index is 1.71. The Morgan fingerprint density at radius 1 is 1.31 bits per heavy atom. The lowest BCUT2D eigenvalue weighted by Crippen LogP contribution is -2.16. The molecule has 1 saturated carbocycles. The molecule has 4 nitrogen and oxygen atoms in total. The number of carbonyl (C=O) groups excluding carboxylic acids is 1. The van der Waals surface area contributed by atoms with Crippen molar-refractivity contribution >= 4 is 34.8 Å². The number of amides is 1. The van der Waals surface area contributed by atoms with E-state index in [4.69, 9.17) is 23.2 Å². The molecule has 1 fully saturated rings. The van der Waals surface area contributed by atoms with E-state index in [1.165, 1.54) is 17.9 Å². The zero-order valence-corrected chi connectivity index (χ0v) is 15.3. The molecule has 2 aliphatic carbocycles. The summed E-state index contributed by atoms with van der Waals surface area (Å²) >= 11 is 12.2. The van der Waals surface area contributed by atoms with Crippen LogP contribution in [0.4, 0.5) is 14.5 Å². The number of carbonyl (C=O) groups is 1. The Morgan fingerprint density at radius 3 is 2.73 bits per heavy atom. The second-order valence-electron chi connectivity index (χ2n) is 6.56. The van der Waals surface area contributed by atoms with Gasteiger partial charge in [0.15, 0.2) is 0 Å². The molecule has 26 heavy (non-hydrogen) atoms. The van der Waals surface area contributed by atoms with Crippen LogP contribution in [0.25, 0.3) is 0 Å². The predicted molar refractivity (Wildman–Crippen MR) is 96.0 cm³/mol. The Kier molecular flexibility index (Phi) is 4.28. The highest BCUT2D eigenvalue weighted by molar-refractivity contribution is 6.56. The van der Waals surface area contributed by atoms with Crippen molar-refractivity contribution in [1.82, 2.24) is 9.78 Å². The van der Waals surface area contributed by atoms with E-state index in [9.17, 15) is 13.6 Å². The predicted octanol–water partition coefficient (Wildman–Crippen LogP) is 5.27. The minimum absolute atomic E-state index is 0.0555. The van der Waals surface area contributed by atoms with E-state index < -0.39 is 18.0 Å². The molecule has 1 heterocycles. The summed E-state index contributed by atoms with van der Waals surface area (Å²) in [5, 5.41) is 6.46. The highest BCUT2D eigenvalue weighted by atomic mass is 35.5. The minimum atomic E-state index is -2.82. The van der Waals surface area contributed by atoms with Gasteiger partial charge in [0.05, 0.1) is 5.56 Å². The Bertz CT molecular complexity index is 935. The standard InChI is InChI=1S/C18H15Cl2F2N3O/c1-25-7-11(15(24-25)17(21)22)18(26)23-12-4-2-3-8-9-5-6-10(13(8)12)14(9)16(19)20/h2-4,7,9-10,17H,5-6H2,1H3,(H,23,26)/t9?,10-/m1/s1. The number of aryl methyl sites for hydroxylation is 1. The fourth-order valence-corrected chi connectivity index (χ4v) is 4.72. The van der Waals surface area contributed by atoms with Gasteiger partial charge in [-0.15, -0.1) is 0 Å². The molecule has 4 rings (SSSR count). The van der Waals surface area contributed by atoms with E-state index in [1.54, 1.807) is 6.07 Å². The molecule has 1 N–H and O–H groups in total. The molecule has 1 aromatic heterocycles. The third-order valence-electron chi connectivity index (χ3n) is 5.13. The van der Waals surface area contributed by atoms with Crippen LogP contribution < -0.4 is 5.32 Å². The maximum Gasteiger partial charge on any atom is 0.282 e. The molecule has 2 atom stereocenters. The van der Waals surface area contributed by atoms with Gasteiger partial charge in [0.2, 0.25) is 0 Å². The van der Waals surface area contributed by atoms with Crippen LogP contribution in [0, 0.1) is 0 Å². The molecule has 8 heteroatoms. The zero-order chi connectivity index (χ0) is 18.6. The van der Waals surface area contributed by atoms with Gasteiger partial charge in [-0.3, -0.25) is 9.48 Å². The first kappa shape index (κ1) is 17.5. The number of alkyl halides is 2. The summed E-state index contributed by atoms with van der Waals surface area (Å²) < 4.78 is 27.7. The number of nitrogens with zero attached hydrogens (tertiary/aromatic N) is 2. The van der Waals surface area contributed by atoms with Gasteiger partial charge < -0.3 is 5.32 Å². The largest absolute Gasteiger partial charge is 0.322 e. The van der Waals surface area contributed by atoms with E-state index in [1.807, 2.05) is 12.1 Å². The molecule has 2 aromatic rings. The van der Waals surface area contributed by atoms with Gasteiger partial charge in [-0.1, -0.05) is 35.3 Å². The van der Waals surface area contributed by atoms with E-state index in [0.29, 0.717) is 5.69 Å². The van der Waals surface area contributed by atoms with E-state index in [2.05, 4.69) is 10.4 Å². The lowest BCUT2D eigenvalue weighted by molar-refractivity contribution is 0.101. The fourth-order valence-electron chi connectivity index (χ4n) is 4.19. The molecular weight excluding hydrogens is 383 g/mol. The Hall–Kier alpha value is -1.92. The van der Waals surface area contributed by atoms with Crippen molar-refractivity contribution in [2.24, 2.45) is 7.05 Å². The third kappa shape index (κ3) is 2.63. The minimum Gasteiger partial charge on any atom is -0.322 e. The molecular formula is C18H15Cl2F2N3O. The lowest BCUT2D eigenvalue weighted by atomic mass is 9.90. The summed E-state index contributed by atoms with van der Waals surface area (Å²) in [4.78, 5) is 12.6. The van der Waals surface area contributed by atoms with Crippen LogP contribution in [0.3, 0.4) is 0 Å². The van der Waals surface area contributed by atoms with E-state index >= 15 is 0 Å². The number of aromatic nitrogens is 2. The van der Waals surface area contributed by atoms with Crippen molar-refractivity contribution in [3.05, 3.63) is 56.8 Å². The van der Waals surface area contributed by atoms with Gasteiger partial charge >= 0.3 is 0 Å². The number of rotatable bonds is 3. The molecule has 2 bridgehead atoms. The summed E-state index contributed by atoms with van der Waals surface area (Å²) in [6, 6.07) is 5.61. The van der Waals surface area contributed by atoms with E-state index in [-0.39, 0.29) is 21.9 Å². The van der Waals surface area contributed by atoms with Crippen LogP contribution in [-0.4, -0.2) is 15.7 Å². The maximum absolute atomic E-state index is 13.1. The first-order chi connectivity index (χ1) is 12.4. The van der Waals surface area contributed by atoms with Gasteiger partial charge in [-0.25, -0.2) is 8.78 Å². The number of halogens is 4. The molecule has 0 saturated heterocycles. The molecule has 136 valence electrons. The van der Waals surface area contributed by atoms with Crippen molar-refractivity contribution in [2.45, 2.75) is 31.1 Å². The second-order valence-corrected chi connectivity index (χ2v) is 7.51. The van der Waals surface area contributed by atoms with Crippen LogP contribution >= 0.6 is 23.2 Å². The number of hydrogen-bond donors (Lipinski definition) is 1. The topological polar surface area (TPSA) is 46.9 Å². The highest BCUT2D eigenvalue weighted by Gasteiger charge is 2.44. The summed E-state index contributed by atoms with van der Waals surface area (Å²) in [5.74, 6) is -0.390. The molecule has 2 aliphatic rings. The molecule has 0 spiro atoms. The molecule has 0 aliphatic heterocycles. The summed E-state index contributed by atoms with van der Waals surface area (Å²) in [6.07, 6.45) is 0.343. The van der Waals surface area contributed by atoms with E-state index in [0.717, 1.165) is 29.5 Å². The third-order valence-corrected chi connectivity index (χ3v) is 5.57. The van der Waals surface area contributed by atoms with Crippen LogP contribution in [0.15, 0.2) is 34.5 Å². The van der Waals surface area contributed by atoms with Crippen molar-refractivity contribution in [1.29, 1.82) is 0 Å². The van der Waals surface area contributed by atoms with Crippen molar-refractivity contribution in [2.75, 3.05) is 5.32 Å². The first-order valence-electron chi connectivity index (χ1n) is 8.19. The van der Waals surface area contributed by atoms with Crippen LogP contribution in [0.1, 0.15) is 58.3 Å². The summed E-state index contributed by atoms with van der Waals surface area (Å²) in [5.41, 5.74) is 3.01. The number of hydrogen-bond acceptors (Lipinski definition) is 2. The number of anilines is 1. The van der Waals surface area contributed by atoms with Crippen molar-refractivity contribution in [3.63, 3.8) is 0 Å². The number of benzene rings is 1. The summed E-state index contributed by atoms with van der Waals surface area (Å²) in [6.45, 7) is 0. The highest BCUT2D eigenvalue weighted by Crippen LogP contribution is 2.60. The van der Waals surface area contributed by atoms with Crippen LogP contribution in [-0.2, 0) is 7.05 Å². The number of allylic oxidation sites excluding steroid dienone is 1. The number of nitrogens with one attached hydrogen (secondary N) is 1. The first-order valence-corrected chi connectivity index (χ1v) is 8.95. The van der Waals surface area contributed by atoms with Gasteiger partial charge in [0.1, 0.15) is 10.2 Å².